The molecule has 0 aliphatic carbocycles. The average molecular weight is 244 g/mol. The summed E-state index contributed by atoms with van der Waals surface area (Å²) in [6.07, 6.45) is 1.34. The largest absolute Gasteiger partial charge is 0.394 e. The zero-order valence-corrected chi connectivity index (χ0v) is 8.96. The summed E-state index contributed by atoms with van der Waals surface area (Å²) < 4.78 is 1.43. The lowest BCUT2D eigenvalue weighted by Gasteiger charge is -2.15. The van der Waals surface area contributed by atoms with Crippen LogP contribution in [0.25, 0.3) is 5.78 Å². The molecular weight excluding hydrogens is 234 g/mol. The molecule has 3 N–H and O–H groups in total. The molecule has 0 saturated carbocycles. The molecular formula is C8H10ClN5O2. The highest BCUT2D eigenvalue weighted by atomic mass is 35.5. The van der Waals surface area contributed by atoms with Crippen LogP contribution in [0.1, 0.15) is 0 Å². The van der Waals surface area contributed by atoms with Crippen molar-refractivity contribution in [1.82, 2.24) is 19.6 Å². The predicted octanol–water partition coefficient (Wildman–Crippen LogP) is -0.457. The number of aromatic nitrogens is 4. The number of hydrogen-bond donors (Lipinski definition) is 3. The molecule has 0 amide bonds. The first-order valence-corrected chi connectivity index (χ1v) is 4.97. The standard InChI is InChI=1S/C8H10ClN5O2/c9-6-1-7(12-5(2-15)3-16)14-8(13-6)10-4-11-14/h1,4-5,12,15-16H,2-3H2. The van der Waals surface area contributed by atoms with Crippen molar-refractivity contribution in [3.8, 4) is 0 Å². The summed E-state index contributed by atoms with van der Waals surface area (Å²) in [6.45, 7) is -0.404. The van der Waals surface area contributed by atoms with E-state index in [1.807, 2.05) is 0 Å². The van der Waals surface area contributed by atoms with Crippen molar-refractivity contribution in [1.29, 1.82) is 0 Å². The fraction of sp³-hybridized carbons (Fsp3) is 0.375. The van der Waals surface area contributed by atoms with Gasteiger partial charge in [-0.05, 0) is 0 Å². The molecule has 0 aliphatic rings. The highest BCUT2D eigenvalue weighted by Crippen LogP contribution is 2.15. The first-order valence-electron chi connectivity index (χ1n) is 4.59. The molecule has 2 rings (SSSR count). The maximum atomic E-state index is 8.96. The van der Waals surface area contributed by atoms with E-state index in [1.165, 1.54) is 10.8 Å². The molecule has 86 valence electrons. The number of anilines is 1. The summed E-state index contributed by atoms with van der Waals surface area (Å²) in [5.41, 5.74) is 0. The smallest absolute Gasteiger partial charge is 0.255 e. The molecule has 0 fully saturated rings. The molecule has 0 radical (unpaired) electrons. The van der Waals surface area contributed by atoms with Crippen LogP contribution in [0.15, 0.2) is 12.4 Å². The van der Waals surface area contributed by atoms with E-state index in [0.29, 0.717) is 11.6 Å². The van der Waals surface area contributed by atoms with Crippen LogP contribution < -0.4 is 5.32 Å². The van der Waals surface area contributed by atoms with Crippen LogP contribution in [0.5, 0.6) is 0 Å². The Labute approximate surface area is 95.7 Å². The fourth-order valence-corrected chi connectivity index (χ4v) is 1.42. The van der Waals surface area contributed by atoms with Crippen LogP contribution in [0, 0.1) is 0 Å². The van der Waals surface area contributed by atoms with Crippen molar-refractivity contribution in [2.24, 2.45) is 0 Å². The molecule has 0 atom stereocenters. The van der Waals surface area contributed by atoms with Gasteiger partial charge in [0.1, 0.15) is 17.3 Å². The number of fused-ring (bicyclic) bond motifs is 1. The predicted molar refractivity (Wildman–Crippen MR) is 57.4 cm³/mol. The van der Waals surface area contributed by atoms with Crippen molar-refractivity contribution in [2.45, 2.75) is 6.04 Å². The SMILES string of the molecule is OCC(CO)Nc1cc(Cl)nc2ncnn12. The zero-order valence-electron chi connectivity index (χ0n) is 8.21. The first-order chi connectivity index (χ1) is 7.74. The van der Waals surface area contributed by atoms with Gasteiger partial charge in [0.05, 0.1) is 19.3 Å². The number of hydrogen-bond acceptors (Lipinski definition) is 6. The molecule has 0 unspecified atom stereocenters. The minimum absolute atomic E-state index is 0.202. The molecule has 0 bridgehead atoms. The molecule has 0 saturated heterocycles. The van der Waals surface area contributed by atoms with E-state index in [2.05, 4.69) is 20.4 Å². The van der Waals surface area contributed by atoms with Crippen LogP contribution >= 0.6 is 11.6 Å². The van der Waals surface area contributed by atoms with Gasteiger partial charge < -0.3 is 15.5 Å². The highest BCUT2D eigenvalue weighted by molar-refractivity contribution is 6.29. The Morgan fingerprint density at radius 1 is 1.44 bits per heavy atom. The summed E-state index contributed by atoms with van der Waals surface area (Å²) in [5, 5.41) is 25.0. The van der Waals surface area contributed by atoms with Gasteiger partial charge in [0, 0.05) is 6.07 Å². The third-order valence-electron chi connectivity index (χ3n) is 2.01. The van der Waals surface area contributed by atoms with Crippen LogP contribution in [0.4, 0.5) is 5.82 Å². The van der Waals surface area contributed by atoms with Crippen molar-refractivity contribution in [3.63, 3.8) is 0 Å². The van der Waals surface area contributed by atoms with E-state index in [0.717, 1.165) is 0 Å². The van der Waals surface area contributed by atoms with Gasteiger partial charge in [-0.25, -0.2) is 0 Å². The topological polar surface area (TPSA) is 95.6 Å². The lowest BCUT2D eigenvalue weighted by Crippen LogP contribution is -2.28. The van der Waals surface area contributed by atoms with Crippen LogP contribution in [-0.4, -0.2) is 49.1 Å². The molecule has 0 aliphatic heterocycles. The quantitative estimate of drug-likeness (QED) is 0.629. The first kappa shape index (κ1) is 11.1. The number of nitrogens with one attached hydrogen (secondary N) is 1. The molecule has 2 aromatic rings. The Bertz CT molecular complexity index is 484. The number of rotatable bonds is 4. The summed E-state index contributed by atoms with van der Waals surface area (Å²) >= 11 is 5.79. The second kappa shape index (κ2) is 4.60. The minimum atomic E-state index is -0.481. The van der Waals surface area contributed by atoms with Crippen LogP contribution in [0.2, 0.25) is 5.15 Å². The zero-order chi connectivity index (χ0) is 11.5. The summed E-state index contributed by atoms with van der Waals surface area (Å²) in [5.74, 6) is 0.866. The summed E-state index contributed by atoms with van der Waals surface area (Å²) in [6, 6.07) is 1.06. The molecule has 2 aromatic heterocycles. The van der Waals surface area contributed by atoms with Crippen LogP contribution in [0.3, 0.4) is 0 Å². The van der Waals surface area contributed by atoms with Crippen molar-refractivity contribution < 1.29 is 10.2 Å². The van der Waals surface area contributed by atoms with E-state index in [-0.39, 0.29) is 18.4 Å². The number of nitrogens with zero attached hydrogens (tertiary/aromatic N) is 4. The lowest BCUT2D eigenvalue weighted by atomic mass is 10.3. The summed E-state index contributed by atoms with van der Waals surface area (Å²) in [7, 11) is 0. The second-order valence-electron chi connectivity index (χ2n) is 3.14. The second-order valence-corrected chi connectivity index (χ2v) is 3.53. The van der Waals surface area contributed by atoms with Gasteiger partial charge in [0.25, 0.3) is 5.78 Å². The van der Waals surface area contributed by atoms with Crippen molar-refractivity contribution in [3.05, 3.63) is 17.5 Å². The van der Waals surface area contributed by atoms with E-state index in [1.54, 1.807) is 6.07 Å². The Hall–Kier alpha value is -1.44. The van der Waals surface area contributed by atoms with Gasteiger partial charge in [0.15, 0.2) is 0 Å². The minimum Gasteiger partial charge on any atom is -0.394 e. The average Bonchev–Trinajstić information content (AvgIpc) is 2.73. The molecule has 2 heterocycles. The third-order valence-corrected chi connectivity index (χ3v) is 2.21. The van der Waals surface area contributed by atoms with Crippen molar-refractivity contribution in [2.75, 3.05) is 18.5 Å². The maximum Gasteiger partial charge on any atom is 0.255 e. The molecule has 7 nitrogen and oxygen atoms in total. The van der Waals surface area contributed by atoms with E-state index < -0.39 is 6.04 Å². The Kier molecular flexibility index (Phi) is 3.18. The highest BCUT2D eigenvalue weighted by Gasteiger charge is 2.10. The van der Waals surface area contributed by atoms with E-state index in [4.69, 9.17) is 21.8 Å². The maximum absolute atomic E-state index is 8.96. The van der Waals surface area contributed by atoms with Gasteiger partial charge in [-0.3, -0.25) is 0 Å². The molecule has 16 heavy (non-hydrogen) atoms. The Balaban J connectivity index is 2.38. The normalized spacial score (nSPS) is 11.2. The van der Waals surface area contributed by atoms with Gasteiger partial charge in [-0.15, -0.1) is 0 Å². The lowest BCUT2D eigenvalue weighted by molar-refractivity contribution is 0.203. The van der Waals surface area contributed by atoms with Gasteiger partial charge in [-0.1, -0.05) is 11.6 Å². The molecule has 8 heteroatoms. The number of halogens is 1. The Morgan fingerprint density at radius 2 is 2.19 bits per heavy atom. The van der Waals surface area contributed by atoms with E-state index in [9.17, 15) is 0 Å². The fourth-order valence-electron chi connectivity index (χ4n) is 1.24. The van der Waals surface area contributed by atoms with Gasteiger partial charge in [-0.2, -0.15) is 19.6 Å². The molecule has 0 aromatic carbocycles. The van der Waals surface area contributed by atoms with Crippen molar-refractivity contribution >= 4 is 23.2 Å². The third kappa shape index (κ3) is 2.06. The molecule has 0 spiro atoms. The van der Waals surface area contributed by atoms with Crippen LogP contribution in [-0.2, 0) is 0 Å². The Morgan fingerprint density at radius 3 is 2.88 bits per heavy atom. The summed E-state index contributed by atoms with van der Waals surface area (Å²) in [4.78, 5) is 7.84. The van der Waals surface area contributed by atoms with E-state index >= 15 is 0 Å². The van der Waals surface area contributed by atoms with Gasteiger partial charge >= 0.3 is 0 Å². The number of aliphatic hydroxyl groups excluding tert-OH is 2. The van der Waals surface area contributed by atoms with Gasteiger partial charge in [0.2, 0.25) is 0 Å². The monoisotopic (exact) mass is 243 g/mol. The number of aliphatic hydroxyl groups is 2.